The van der Waals surface area contributed by atoms with Crippen LogP contribution in [0, 0.1) is 16.7 Å². The average molecular weight is 466 g/mol. The standard InChI is InChI=1S/C30H43NO3/c1-6-25-19-30(5,28(32)33)15-16-31(25)20-21-7-8-23-18-27(12-9-22(23)17-21)34-26-13-10-24(11-14-26)29(2,3)4/h7-9,12,17-18,24-26H,6,10-11,13-16,19-20H2,1-5H3,(H,32,33). The number of piperidine rings is 1. The van der Waals surface area contributed by atoms with Crippen molar-refractivity contribution in [3.05, 3.63) is 42.0 Å². The Morgan fingerprint density at radius 2 is 1.76 bits per heavy atom. The van der Waals surface area contributed by atoms with Gasteiger partial charge in [-0.15, -0.1) is 0 Å². The lowest BCUT2D eigenvalue weighted by molar-refractivity contribution is -0.152. The Balaban J connectivity index is 1.39. The predicted octanol–water partition coefficient (Wildman–Crippen LogP) is 7.29. The molecule has 1 N–H and O–H groups in total. The molecule has 1 heterocycles. The lowest BCUT2D eigenvalue weighted by Crippen LogP contribution is -2.48. The molecule has 186 valence electrons. The van der Waals surface area contributed by atoms with Crippen molar-refractivity contribution in [3.63, 3.8) is 0 Å². The molecule has 34 heavy (non-hydrogen) atoms. The summed E-state index contributed by atoms with van der Waals surface area (Å²) in [4.78, 5) is 14.2. The number of fused-ring (bicyclic) bond motifs is 1. The van der Waals surface area contributed by atoms with Gasteiger partial charge < -0.3 is 9.84 Å². The van der Waals surface area contributed by atoms with E-state index in [1.54, 1.807) is 0 Å². The maximum Gasteiger partial charge on any atom is 0.309 e. The second kappa shape index (κ2) is 9.89. The molecule has 0 spiro atoms. The largest absolute Gasteiger partial charge is 0.490 e. The zero-order valence-corrected chi connectivity index (χ0v) is 21.8. The van der Waals surface area contributed by atoms with Gasteiger partial charge in [-0.25, -0.2) is 0 Å². The number of rotatable bonds is 6. The number of aliphatic carboxylic acids is 1. The maximum absolute atomic E-state index is 11.7. The molecule has 1 aliphatic heterocycles. The van der Waals surface area contributed by atoms with Crippen LogP contribution in [0.3, 0.4) is 0 Å². The highest BCUT2D eigenvalue weighted by Gasteiger charge is 2.41. The van der Waals surface area contributed by atoms with Crippen molar-refractivity contribution in [1.82, 2.24) is 4.90 Å². The van der Waals surface area contributed by atoms with E-state index in [2.05, 4.69) is 69.0 Å². The summed E-state index contributed by atoms with van der Waals surface area (Å²) in [5.41, 5.74) is 1.09. The van der Waals surface area contributed by atoms with Crippen LogP contribution in [0.15, 0.2) is 36.4 Å². The molecule has 2 aliphatic rings. The first-order chi connectivity index (χ1) is 16.1. The molecule has 0 amide bonds. The van der Waals surface area contributed by atoms with Gasteiger partial charge in [0.2, 0.25) is 0 Å². The molecule has 2 atom stereocenters. The third-order valence-corrected chi connectivity index (χ3v) is 8.60. The highest BCUT2D eigenvalue weighted by atomic mass is 16.5. The quantitative estimate of drug-likeness (QED) is 0.487. The van der Waals surface area contributed by atoms with Gasteiger partial charge in [0.05, 0.1) is 11.5 Å². The highest BCUT2D eigenvalue weighted by Crippen LogP contribution is 2.39. The molecule has 1 aliphatic carbocycles. The van der Waals surface area contributed by atoms with Crippen molar-refractivity contribution < 1.29 is 14.6 Å². The van der Waals surface area contributed by atoms with E-state index in [-0.39, 0.29) is 0 Å². The molecule has 4 heteroatoms. The Labute approximate surface area is 205 Å². The first kappa shape index (κ1) is 25.0. The van der Waals surface area contributed by atoms with Crippen LogP contribution in [0.5, 0.6) is 5.75 Å². The molecule has 4 rings (SSSR count). The SMILES string of the molecule is CCC1CC(C)(C(=O)O)CCN1Cc1ccc2cc(OC3CCC(C(C)(C)C)CC3)ccc2c1. The second-order valence-corrected chi connectivity index (χ2v) is 12.2. The molecule has 2 aromatic carbocycles. The molecule has 2 aromatic rings. The minimum atomic E-state index is -0.656. The van der Waals surface area contributed by atoms with Gasteiger partial charge in [0, 0.05) is 12.6 Å². The summed E-state index contributed by atoms with van der Waals surface area (Å²) in [5.74, 6) is 1.12. The van der Waals surface area contributed by atoms with E-state index in [1.165, 1.54) is 29.2 Å². The topological polar surface area (TPSA) is 49.8 Å². The van der Waals surface area contributed by atoms with Crippen LogP contribution < -0.4 is 4.74 Å². The predicted molar refractivity (Wildman–Crippen MR) is 139 cm³/mol. The third-order valence-electron chi connectivity index (χ3n) is 8.60. The van der Waals surface area contributed by atoms with E-state index in [9.17, 15) is 9.90 Å². The van der Waals surface area contributed by atoms with E-state index in [0.717, 1.165) is 50.4 Å². The summed E-state index contributed by atoms with van der Waals surface area (Å²) in [5, 5.41) is 12.1. The Bertz CT molecular complexity index is 1000. The molecular formula is C30H43NO3. The number of hydrogen-bond acceptors (Lipinski definition) is 3. The molecule has 2 unspecified atom stereocenters. The number of carbonyl (C=O) groups is 1. The Morgan fingerprint density at radius 1 is 1.09 bits per heavy atom. The van der Waals surface area contributed by atoms with Gasteiger partial charge in [0.25, 0.3) is 0 Å². The molecular weight excluding hydrogens is 422 g/mol. The normalized spacial score (nSPS) is 28.7. The van der Waals surface area contributed by atoms with Crippen LogP contribution in [0.2, 0.25) is 0 Å². The van der Waals surface area contributed by atoms with Gasteiger partial charge >= 0.3 is 5.97 Å². The lowest BCUT2D eigenvalue weighted by atomic mass is 9.72. The lowest BCUT2D eigenvalue weighted by Gasteiger charge is -2.42. The molecule has 4 nitrogen and oxygen atoms in total. The van der Waals surface area contributed by atoms with Crippen molar-refractivity contribution in [2.75, 3.05) is 6.54 Å². The van der Waals surface area contributed by atoms with Crippen LogP contribution in [-0.4, -0.2) is 34.7 Å². The smallest absolute Gasteiger partial charge is 0.309 e. The Hall–Kier alpha value is -2.07. The first-order valence-electron chi connectivity index (χ1n) is 13.2. The minimum absolute atomic E-state index is 0.315. The summed E-state index contributed by atoms with van der Waals surface area (Å²) >= 11 is 0. The molecule has 1 saturated heterocycles. The number of benzene rings is 2. The zero-order valence-electron chi connectivity index (χ0n) is 21.8. The summed E-state index contributed by atoms with van der Waals surface area (Å²) in [6.45, 7) is 12.9. The average Bonchev–Trinajstić information content (AvgIpc) is 2.80. The molecule has 0 bridgehead atoms. The molecule has 1 saturated carbocycles. The van der Waals surface area contributed by atoms with Gasteiger partial charge in [-0.05, 0) is 104 Å². The number of carboxylic acids is 1. The van der Waals surface area contributed by atoms with E-state index < -0.39 is 11.4 Å². The van der Waals surface area contributed by atoms with Crippen molar-refractivity contribution in [2.45, 2.75) is 98.3 Å². The van der Waals surface area contributed by atoms with Gasteiger partial charge in [-0.1, -0.05) is 45.9 Å². The molecule has 2 fully saturated rings. The summed E-state index contributed by atoms with van der Waals surface area (Å²) in [6, 6.07) is 13.5. The second-order valence-electron chi connectivity index (χ2n) is 12.2. The van der Waals surface area contributed by atoms with Gasteiger partial charge in [-0.2, -0.15) is 0 Å². The first-order valence-corrected chi connectivity index (χ1v) is 13.2. The van der Waals surface area contributed by atoms with E-state index in [1.807, 2.05) is 6.92 Å². The van der Waals surface area contributed by atoms with Gasteiger partial charge in [0.15, 0.2) is 0 Å². The van der Waals surface area contributed by atoms with Crippen molar-refractivity contribution in [2.24, 2.45) is 16.7 Å². The van der Waals surface area contributed by atoms with E-state index in [4.69, 9.17) is 4.74 Å². The summed E-state index contributed by atoms with van der Waals surface area (Å²) in [7, 11) is 0. The fourth-order valence-electron chi connectivity index (χ4n) is 6.05. The molecule has 0 aromatic heterocycles. The summed E-state index contributed by atoms with van der Waals surface area (Å²) < 4.78 is 6.39. The highest BCUT2D eigenvalue weighted by molar-refractivity contribution is 5.84. The number of ether oxygens (including phenoxy) is 1. The van der Waals surface area contributed by atoms with E-state index in [0.29, 0.717) is 24.0 Å². The Kier molecular flexibility index (Phi) is 7.28. The monoisotopic (exact) mass is 465 g/mol. The Morgan fingerprint density at radius 3 is 2.41 bits per heavy atom. The zero-order chi connectivity index (χ0) is 24.5. The fraction of sp³-hybridized carbons (Fsp3) is 0.633. The molecule has 0 radical (unpaired) electrons. The minimum Gasteiger partial charge on any atom is -0.490 e. The number of nitrogens with zero attached hydrogens (tertiary/aromatic N) is 1. The maximum atomic E-state index is 11.7. The van der Waals surface area contributed by atoms with Gasteiger partial charge in [0.1, 0.15) is 5.75 Å². The van der Waals surface area contributed by atoms with Crippen molar-refractivity contribution in [3.8, 4) is 5.75 Å². The van der Waals surface area contributed by atoms with Crippen LogP contribution in [-0.2, 0) is 11.3 Å². The fourth-order valence-corrected chi connectivity index (χ4v) is 6.05. The van der Waals surface area contributed by atoms with E-state index >= 15 is 0 Å². The van der Waals surface area contributed by atoms with Crippen LogP contribution in [0.1, 0.15) is 85.1 Å². The summed E-state index contributed by atoms with van der Waals surface area (Å²) in [6.07, 6.45) is 7.56. The van der Waals surface area contributed by atoms with Crippen LogP contribution >= 0.6 is 0 Å². The number of likely N-dealkylation sites (tertiary alicyclic amines) is 1. The van der Waals surface area contributed by atoms with Crippen molar-refractivity contribution in [1.29, 1.82) is 0 Å². The van der Waals surface area contributed by atoms with Crippen molar-refractivity contribution >= 4 is 16.7 Å². The van der Waals surface area contributed by atoms with Crippen LogP contribution in [0.25, 0.3) is 10.8 Å². The number of carboxylic acid groups (broad SMARTS) is 1. The number of hydrogen-bond donors (Lipinski definition) is 1. The third kappa shape index (κ3) is 5.59. The van der Waals surface area contributed by atoms with Gasteiger partial charge in [-0.3, -0.25) is 9.69 Å². The van der Waals surface area contributed by atoms with Crippen LogP contribution in [0.4, 0.5) is 0 Å².